The van der Waals surface area contributed by atoms with E-state index in [2.05, 4.69) is 9.47 Å². The third kappa shape index (κ3) is 5.89. The molecule has 0 atom stereocenters. The standard InChI is InChI=1S/C9H9NO5.C8H7NO5/c1-14-8-4-3-6(10(12)13)5-7(8)9(11)15-2;1-14-8(11)6-4-5(9(12)13)2-3-7(6)10/h3-5H,1-2H3;2-4,10H,1H3. The number of ether oxygens (including phenoxy) is 3. The van der Waals surface area contributed by atoms with Crippen molar-refractivity contribution in [3.05, 3.63) is 67.8 Å². The molecule has 1 N–H and O–H groups in total. The second kappa shape index (κ2) is 10.2. The fraction of sp³-hybridized carbons (Fsp3) is 0.176. The lowest BCUT2D eigenvalue weighted by molar-refractivity contribution is -0.385. The zero-order valence-corrected chi connectivity index (χ0v) is 15.5. The van der Waals surface area contributed by atoms with Crippen LogP contribution in [0.5, 0.6) is 11.5 Å². The van der Waals surface area contributed by atoms with E-state index in [1.165, 1.54) is 26.4 Å². The van der Waals surface area contributed by atoms with Crippen LogP contribution in [0.15, 0.2) is 36.4 Å². The number of hydrogen-bond donors (Lipinski definition) is 1. The van der Waals surface area contributed by atoms with Gasteiger partial charge in [0.25, 0.3) is 11.4 Å². The summed E-state index contributed by atoms with van der Waals surface area (Å²) in [6.07, 6.45) is 0. The Morgan fingerprint density at radius 1 is 0.828 bits per heavy atom. The molecule has 0 unspecified atom stereocenters. The fourth-order valence-electron chi connectivity index (χ4n) is 1.99. The van der Waals surface area contributed by atoms with Crippen molar-refractivity contribution in [2.24, 2.45) is 0 Å². The van der Waals surface area contributed by atoms with Gasteiger partial charge in [-0.15, -0.1) is 0 Å². The minimum absolute atomic E-state index is 0.0363. The third-order valence-electron chi connectivity index (χ3n) is 3.40. The highest BCUT2D eigenvalue weighted by Gasteiger charge is 2.18. The Hall–Kier alpha value is -4.22. The average Bonchev–Trinajstić information content (AvgIpc) is 2.72. The quantitative estimate of drug-likeness (QED) is 0.440. The Kier molecular flexibility index (Phi) is 8.03. The Balaban J connectivity index is 0.000000291. The molecule has 2 aromatic carbocycles. The Labute approximate surface area is 163 Å². The number of aromatic hydroxyl groups is 1. The molecule has 0 saturated heterocycles. The summed E-state index contributed by atoms with van der Waals surface area (Å²) < 4.78 is 13.7. The molecular weight excluding hydrogens is 392 g/mol. The van der Waals surface area contributed by atoms with Crippen LogP contribution >= 0.6 is 0 Å². The normalized spacial score (nSPS) is 9.48. The molecule has 0 aromatic heterocycles. The van der Waals surface area contributed by atoms with Gasteiger partial charge in [-0.3, -0.25) is 20.2 Å². The van der Waals surface area contributed by atoms with Gasteiger partial charge in [-0.1, -0.05) is 0 Å². The summed E-state index contributed by atoms with van der Waals surface area (Å²) in [7, 11) is 3.69. The smallest absolute Gasteiger partial charge is 0.341 e. The number of nitro groups is 2. The molecule has 0 aliphatic carbocycles. The molecule has 0 spiro atoms. The number of carbonyl (C=O) groups excluding carboxylic acids is 2. The molecule has 0 heterocycles. The molecule has 2 aromatic rings. The first-order valence-corrected chi connectivity index (χ1v) is 7.62. The summed E-state index contributed by atoms with van der Waals surface area (Å²) in [4.78, 5) is 41.8. The van der Waals surface area contributed by atoms with E-state index in [0.29, 0.717) is 0 Å². The van der Waals surface area contributed by atoms with Gasteiger partial charge < -0.3 is 19.3 Å². The van der Waals surface area contributed by atoms with E-state index in [4.69, 9.17) is 4.74 Å². The van der Waals surface area contributed by atoms with Gasteiger partial charge in [0, 0.05) is 24.3 Å². The summed E-state index contributed by atoms with van der Waals surface area (Å²) in [5, 5.41) is 30.0. The number of hydrogen-bond acceptors (Lipinski definition) is 10. The summed E-state index contributed by atoms with van der Waals surface area (Å²) >= 11 is 0. The highest BCUT2D eigenvalue weighted by molar-refractivity contribution is 5.93. The van der Waals surface area contributed by atoms with Crippen molar-refractivity contribution in [1.29, 1.82) is 0 Å². The highest BCUT2D eigenvalue weighted by atomic mass is 16.6. The number of non-ortho nitro benzene ring substituents is 2. The van der Waals surface area contributed by atoms with Crippen molar-refractivity contribution in [3.8, 4) is 11.5 Å². The molecule has 0 fully saturated rings. The maximum absolute atomic E-state index is 11.2. The lowest BCUT2D eigenvalue weighted by Crippen LogP contribution is -2.04. The molecule has 29 heavy (non-hydrogen) atoms. The van der Waals surface area contributed by atoms with E-state index >= 15 is 0 Å². The van der Waals surface area contributed by atoms with E-state index in [1.54, 1.807) is 0 Å². The van der Waals surface area contributed by atoms with E-state index < -0.39 is 21.8 Å². The van der Waals surface area contributed by atoms with Crippen molar-refractivity contribution in [2.75, 3.05) is 21.3 Å². The van der Waals surface area contributed by atoms with Crippen LogP contribution in [-0.2, 0) is 9.47 Å². The second-order valence-electron chi connectivity index (χ2n) is 5.08. The summed E-state index contributed by atoms with van der Waals surface area (Å²) in [5.41, 5.74) is -0.643. The van der Waals surface area contributed by atoms with Crippen LogP contribution in [0, 0.1) is 20.2 Å². The Morgan fingerprint density at radius 3 is 1.72 bits per heavy atom. The van der Waals surface area contributed by atoms with Crippen LogP contribution < -0.4 is 4.74 Å². The van der Waals surface area contributed by atoms with E-state index in [1.807, 2.05) is 0 Å². The number of phenolic OH excluding ortho intramolecular Hbond substituents is 1. The summed E-state index contributed by atoms with van der Waals surface area (Å²) in [6.45, 7) is 0. The molecule has 0 bridgehead atoms. The van der Waals surface area contributed by atoms with Crippen LogP contribution in [0.2, 0.25) is 0 Å². The second-order valence-corrected chi connectivity index (χ2v) is 5.08. The molecule has 12 nitrogen and oxygen atoms in total. The summed E-state index contributed by atoms with van der Waals surface area (Å²) in [6, 6.07) is 6.85. The third-order valence-corrected chi connectivity index (χ3v) is 3.40. The lowest BCUT2D eigenvalue weighted by Gasteiger charge is -2.05. The zero-order valence-electron chi connectivity index (χ0n) is 15.5. The van der Waals surface area contributed by atoms with Gasteiger partial charge in [0.2, 0.25) is 0 Å². The lowest BCUT2D eigenvalue weighted by atomic mass is 10.2. The van der Waals surface area contributed by atoms with E-state index in [9.17, 15) is 34.9 Å². The van der Waals surface area contributed by atoms with Crippen molar-refractivity contribution in [3.63, 3.8) is 0 Å². The van der Waals surface area contributed by atoms with Crippen molar-refractivity contribution in [1.82, 2.24) is 0 Å². The van der Waals surface area contributed by atoms with Crippen molar-refractivity contribution in [2.45, 2.75) is 0 Å². The van der Waals surface area contributed by atoms with Gasteiger partial charge in [0.15, 0.2) is 0 Å². The van der Waals surface area contributed by atoms with Gasteiger partial charge in [-0.05, 0) is 12.1 Å². The van der Waals surface area contributed by atoms with Crippen molar-refractivity contribution < 1.29 is 38.8 Å². The number of benzene rings is 2. The SMILES string of the molecule is COC(=O)c1cc([N+](=O)[O-])ccc1O.COC(=O)c1cc([N+](=O)[O-])ccc1OC. The monoisotopic (exact) mass is 408 g/mol. The zero-order chi connectivity index (χ0) is 22.1. The van der Waals surface area contributed by atoms with Gasteiger partial charge in [-0.25, -0.2) is 9.59 Å². The largest absolute Gasteiger partial charge is 0.507 e. The van der Waals surface area contributed by atoms with E-state index in [0.717, 1.165) is 31.4 Å². The highest BCUT2D eigenvalue weighted by Crippen LogP contribution is 2.24. The van der Waals surface area contributed by atoms with Crippen LogP contribution in [0.3, 0.4) is 0 Å². The van der Waals surface area contributed by atoms with Gasteiger partial charge in [0.1, 0.15) is 22.6 Å². The maximum atomic E-state index is 11.2. The molecule has 12 heteroatoms. The van der Waals surface area contributed by atoms with Gasteiger partial charge in [0.05, 0.1) is 31.2 Å². The van der Waals surface area contributed by atoms with Gasteiger partial charge >= 0.3 is 11.9 Å². The Bertz CT molecular complexity index is 942. The maximum Gasteiger partial charge on any atom is 0.341 e. The molecule has 0 aliphatic rings. The number of nitro benzene ring substituents is 2. The first-order chi connectivity index (χ1) is 13.7. The molecule has 2 rings (SSSR count). The molecule has 0 aliphatic heterocycles. The number of phenols is 1. The average molecular weight is 408 g/mol. The number of nitrogens with zero attached hydrogens (tertiary/aromatic N) is 2. The summed E-state index contributed by atoms with van der Waals surface area (Å²) in [5.74, 6) is -1.59. The Morgan fingerprint density at radius 2 is 1.28 bits per heavy atom. The first kappa shape index (κ1) is 22.8. The van der Waals surface area contributed by atoms with Gasteiger partial charge in [-0.2, -0.15) is 0 Å². The van der Waals surface area contributed by atoms with Crippen molar-refractivity contribution >= 4 is 23.3 Å². The molecule has 0 radical (unpaired) electrons. The molecule has 0 amide bonds. The fourth-order valence-corrected chi connectivity index (χ4v) is 1.99. The topological polar surface area (TPSA) is 168 Å². The van der Waals surface area contributed by atoms with Crippen LogP contribution in [0.4, 0.5) is 11.4 Å². The number of rotatable bonds is 5. The first-order valence-electron chi connectivity index (χ1n) is 7.62. The predicted molar refractivity (Wildman–Crippen MR) is 97.1 cm³/mol. The van der Waals surface area contributed by atoms with Crippen LogP contribution in [0.1, 0.15) is 20.7 Å². The van der Waals surface area contributed by atoms with Crippen LogP contribution in [-0.4, -0.2) is 48.2 Å². The minimum Gasteiger partial charge on any atom is -0.507 e. The minimum atomic E-state index is -0.814. The molecule has 0 saturated carbocycles. The number of carbonyl (C=O) groups is 2. The molecule has 154 valence electrons. The number of esters is 2. The predicted octanol–water partition coefficient (Wildman–Crippen LogP) is 2.48. The molecular formula is C17H16N2O10. The number of methoxy groups -OCH3 is 3. The van der Waals surface area contributed by atoms with Crippen LogP contribution in [0.25, 0.3) is 0 Å². The van der Waals surface area contributed by atoms with E-state index in [-0.39, 0.29) is 34.0 Å².